The molecule has 0 aliphatic carbocycles. The van der Waals surface area contributed by atoms with E-state index >= 15 is 0 Å². The van der Waals surface area contributed by atoms with E-state index < -0.39 is 11.6 Å². The van der Waals surface area contributed by atoms with Gasteiger partial charge in [0, 0.05) is 25.9 Å². The molecule has 0 bridgehead atoms. The standard InChI is InChI=1S/C17H23ClN2O5/c1-17(2,3)25-16(22)20-9-7-11(8-10-20)24-14-12(15(21)23-4)5-6-13(18)19-14/h5-6,11H,7-10H2,1-4H3. The van der Waals surface area contributed by atoms with Crippen molar-refractivity contribution in [2.75, 3.05) is 20.2 Å². The van der Waals surface area contributed by atoms with Gasteiger partial charge >= 0.3 is 12.1 Å². The van der Waals surface area contributed by atoms with Gasteiger partial charge in [0.1, 0.15) is 22.4 Å². The molecule has 1 aromatic rings. The predicted octanol–water partition coefficient (Wildman–Crippen LogP) is 3.30. The summed E-state index contributed by atoms with van der Waals surface area (Å²) >= 11 is 5.90. The molecule has 1 amide bonds. The van der Waals surface area contributed by atoms with E-state index in [4.69, 9.17) is 25.8 Å². The van der Waals surface area contributed by atoms with Crippen molar-refractivity contribution in [1.29, 1.82) is 0 Å². The Morgan fingerprint density at radius 1 is 1.24 bits per heavy atom. The zero-order chi connectivity index (χ0) is 18.6. The Balaban J connectivity index is 1.97. The molecule has 0 saturated carbocycles. The van der Waals surface area contributed by atoms with Crippen LogP contribution in [0, 0.1) is 0 Å². The first-order chi connectivity index (χ1) is 11.7. The number of hydrogen-bond donors (Lipinski definition) is 0. The fourth-order valence-corrected chi connectivity index (χ4v) is 2.55. The van der Waals surface area contributed by atoms with Crippen molar-refractivity contribution in [2.24, 2.45) is 0 Å². The number of halogens is 1. The summed E-state index contributed by atoms with van der Waals surface area (Å²) in [4.78, 5) is 29.6. The summed E-state index contributed by atoms with van der Waals surface area (Å²) < 4.78 is 15.9. The molecule has 1 aliphatic heterocycles. The van der Waals surface area contributed by atoms with E-state index in [2.05, 4.69) is 4.98 Å². The first kappa shape index (κ1) is 19.3. The molecule has 7 nitrogen and oxygen atoms in total. The van der Waals surface area contributed by atoms with Gasteiger partial charge in [0.25, 0.3) is 0 Å². The van der Waals surface area contributed by atoms with Crippen LogP contribution in [0.2, 0.25) is 5.15 Å². The Labute approximate surface area is 152 Å². The Morgan fingerprint density at radius 2 is 1.88 bits per heavy atom. The largest absolute Gasteiger partial charge is 0.474 e. The smallest absolute Gasteiger partial charge is 0.410 e. The van der Waals surface area contributed by atoms with Crippen LogP contribution in [-0.4, -0.2) is 53.9 Å². The third-order valence-electron chi connectivity index (χ3n) is 3.60. The van der Waals surface area contributed by atoms with E-state index in [0.717, 1.165) is 0 Å². The Kier molecular flexibility index (Phi) is 6.11. The number of likely N-dealkylation sites (tertiary alicyclic amines) is 1. The Bertz CT molecular complexity index is 636. The van der Waals surface area contributed by atoms with Crippen molar-refractivity contribution < 1.29 is 23.8 Å². The van der Waals surface area contributed by atoms with Crippen LogP contribution in [0.3, 0.4) is 0 Å². The van der Waals surface area contributed by atoms with E-state index in [0.29, 0.717) is 25.9 Å². The lowest BCUT2D eigenvalue weighted by Gasteiger charge is -2.33. The summed E-state index contributed by atoms with van der Waals surface area (Å²) in [6.07, 6.45) is 0.706. The highest BCUT2D eigenvalue weighted by Gasteiger charge is 2.28. The van der Waals surface area contributed by atoms with Crippen LogP contribution in [0.15, 0.2) is 12.1 Å². The van der Waals surface area contributed by atoms with Crippen LogP contribution in [0.4, 0.5) is 4.79 Å². The molecule has 2 heterocycles. The number of hydrogen-bond acceptors (Lipinski definition) is 6. The summed E-state index contributed by atoms with van der Waals surface area (Å²) in [5, 5.41) is 0.230. The van der Waals surface area contributed by atoms with Crippen LogP contribution >= 0.6 is 11.6 Å². The fourth-order valence-electron chi connectivity index (χ4n) is 2.41. The van der Waals surface area contributed by atoms with Crippen LogP contribution < -0.4 is 4.74 Å². The second kappa shape index (κ2) is 7.91. The lowest BCUT2D eigenvalue weighted by molar-refractivity contribution is 0.0122. The van der Waals surface area contributed by atoms with Crippen molar-refractivity contribution >= 4 is 23.7 Å². The molecule has 0 N–H and O–H groups in total. The van der Waals surface area contributed by atoms with Crippen molar-refractivity contribution in [3.63, 3.8) is 0 Å². The molecule has 1 saturated heterocycles. The molecule has 0 spiro atoms. The van der Waals surface area contributed by atoms with Crippen LogP contribution in [-0.2, 0) is 9.47 Å². The van der Waals surface area contributed by atoms with E-state index in [1.807, 2.05) is 20.8 Å². The number of piperidine rings is 1. The van der Waals surface area contributed by atoms with Crippen molar-refractivity contribution in [2.45, 2.75) is 45.3 Å². The van der Waals surface area contributed by atoms with Gasteiger partial charge in [-0.2, -0.15) is 0 Å². The van der Waals surface area contributed by atoms with Gasteiger partial charge in [-0.15, -0.1) is 0 Å². The van der Waals surface area contributed by atoms with Gasteiger partial charge in [-0.25, -0.2) is 14.6 Å². The summed E-state index contributed by atoms with van der Waals surface area (Å²) in [5.41, 5.74) is -0.300. The van der Waals surface area contributed by atoms with Crippen LogP contribution in [0.25, 0.3) is 0 Å². The minimum atomic E-state index is -0.537. The van der Waals surface area contributed by atoms with E-state index in [-0.39, 0.29) is 28.8 Å². The first-order valence-corrected chi connectivity index (χ1v) is 8.47. The lowest BCUT2D eigenvalue weighted by Crippen LogP contribution is -2.44. The van der Waals surface area contributed by atoms with Crippen molar-refractivity contribution in [1.82, 2.24) is 9.88 Å². The number of carbonyl (C=O) groups excluding carboxylic acids is 2. The third-order valence-corrected chi connectivity index (χ3v) is 3.81. The molecule has 0 aromatic carbocycles. The number of methoxy groups -OCH3 is 1. The van der Waals surface area contributed by atoms with E-state index in [9.17, 15) is 9.59 Å². The molecule has 0 atom stereocenters. The van der Waals surface area contributed by atoms with Gasteiger partial charge in [-0.3, -0.25) is 0 Å². The van der Waals surface area contributed by atoms with E-state index in [1.165, 1.54) is 19.2 Å². The predicted molar refractivity (Wildman–Crippen MR) is 92.0 cm³/mol. The zero-order valence-corrected chi connectivity index (χ0v) is 15.6. The normalized spacial score (nSPS) is 15.6. The highest BCUT2D eigenvalue weighted by molar-refractivity contribution is 6.29. The number of amides is 1. The monoisotopic (exact) mass is 370 g/mol. The Morgan fingerprint density at radius 3 is 2.44 bits per heavy atom. The Hall–Kier alpha value is -2.02. The molecular formula is C17H23ClN2O5. The first-order valence-electron chi connectivity index (χ1n) is 8.09. The number of aromatic nitrogens is 1. The maximum atomic E-state index is 12.1. The molecule has 1 aromatic heterocycles. The number of rotatable bonds is 3. The minimum Gasteiger partial charge on any atom is -0.474 e. The number of pyridine rings is 1. The second-order valence-electron chi connectivity index (χ2n) is 6.76. The zero-order valence-electron chi connectivity index (χ0n) is 14.9. The van der Waals surface area contributed by atoms with Crippen LogP contribution in [0.1, 0.15) is 44.0 Å². The average molecular weight is 371 g/mol. The minimum absolute atomic E-state index is 0.148. The molecule has 1 fully saturated rings. The molecule has 0 unspecified atom stereocenters. The quantitative estimate of drug-likeness (QED) is 0.600. The van der Waals surface area contributed by atoms with Gasteiger partial charge < -0.3 is 19.1 Å². The molecule has 8 heteroatoms. The molecule has 0 radical (unpaired) electrons. The third kappa shape index (κ3) is 5.49. The second-order valence-corrected chi connectivity index (χ2v) is 7.15. The molecule has 2 rings (SSSR count). The SMILES string of the molecule is COC(=O)c1ccc(Cl)nc1OC1CCN(C(=O)OC(C)(C)C)CC1. The van der Waals surface area contributed by atoms with Gasteiger partial charge in [0.15, 0.2) is 0 Å². The molecule has 1 aliphatic rings. The van der Waals surface area contributed by atoms with E-state index in [1.54, 1.807) is 4.90 Å². The maximum absolute atomic E-state index is 12.1. The topological polar surface area (TPSA) is 78.0 Å². The fraction of sp³-hybridized carbons (Fsp3) is 0.588. The summed E-state index contributed by atoms with van der Waals surface area (Å²) in [6.45, 7) is 6.52. The average Bonchev–Trinajstić information content (AvgIpc) is 2.53. The number of nitrogens with zero attached hydrogens (tertiary/aromatic N) is 2. The number of carbonyl (C=O) groups is 2. The maximum Gasteiger partial charge on any atom is 0.410 e. The molecule has 138 valence electrons. The summed E-state index contributed by atoms with van der Waals surface area (Å²) in [7, 11) is 1.29. The van der Waals surface area contributed by atoms with Gasteiger partial charge in [-0.1, -0.05) is 11.6 Å². The summed E-state index contributed by atoms with van der Waals surface area (Å²) in [5.74, 6) is -0.388. The van der Waals surface area contributed by atoms with Crippen molar-refractivity contribution in [3.05, 3.63) is 22.8 Å². The van der Waals surface area contributed by atoms with Gasteiger partial charge in [0.2, 0.25) is 5.88 Å². The van der Waals surface area contributed by atoms with Crippen LogP contribution in [0.5, 0.6) is 5.88 Å². The molecule has 25 heavy (non-hydrogen) atoms. The van der Waals surface area contributed by atoms with Gasteiger partial charge in [-0.05, 0) is 32.9 Å². The highest BCUT2D eigenvalue weighted by atomic mass is 35.5. The summed E-state index contributed by atoms with van der Waals surface area (Å²) in [6, 6.07) is 3.03. The van der Waals surface area contributed by atoms with Crippen molar-refractivity contribution in [3.8, 4) is 5.88 Å². The number of esters is 1. The lowest BCUT2D eigenvalue weighted by atomic mass is 10.1. The van der Waals surface area contributed by atoms with Gasteiger partial charge in [0.05, 0.1) is 7.11 Å². The highest BCUT2D eigenvalue weighted by Crippen LogP contribution is 2.24. The number of ether oxygens (including phenoxy) is 3. The molecular weight excluding hydrogens is 348 g/mol.